The van der Waals surface area contributed by atoms with E-state index in [0.29, 0.717) is 17.0 Å². The number of pyridine rings is 1. The minimum Gasteiger partial charge on any atom is -0.508 e. The maximum Gasteiger partial charge on any atom is 0.178 e. The lowest BCUT2D eigenvalue weighted by Crippen LogP contribution is -1.81. The molecule has 0 spiro atoms. The smallest absolute Gasteiger partial charge is 0.178 e. The zero-order chi connectivity index (χ0) is 12.7. The van der Waals surface area contributed by atoms with Gasteiger partial charge in [-0.05, 0) is 31.2 Å². The molecule has 0 unspecified atom stereocenters. The average molecular weight is 241 g/mol. The predicted octanol–water partition coefficient (Wildman–Crippen LogP) is 2.34. The van der Waals surface area contributed by atoms with Crippen LogP contribution < -0.4 is 0 Å². The minimum atomic E-state index is -0.00500. The Morgan fingerprint density at radius 1 is 1.00 bits per heavy atom. The Morgan fingerprint density at radius 3 is 2.44 bits per heavy atom. The lowest BCUT2D eigenvalue weighted by molar-refractivity contribution is 0.451. The van der Waals surface area contributed by atoms with Crippen LogP contribution in [0.15, 0.2) is 30.3 Å². The normalized spacial score (nSPS) is 10.9. The van der Waals surface area contributed by atoms with E-state index < -0.39 is 0 Å². The summed E-state index contributed by atoms with van der Waals surface area (Å²) in [5.74, 6) is 0.554. The molecule has 18 heavy (non-hydrogen) atoms. The van der Waals surface area contributed by atoms with Gasteiger partial charge in [0, 0.05) is 17.3 Å². The maximum absolute atomic E-state index is 9.46. The highest BCUT2D eigenvalue weighted by molar-refractivity contribution is 5.76. The van der Waals surface area contributed by atoms with Crippen LogP contribution in [0.25, 0.3) is 22.6 Å². The number of H-pyrrole nitrogens is 1. The van der Waals surface area contributed by atoms with Gasteiger partial charge in [0.15, 0.2) is 5.65 Å². The third-order valence-corrected chi connectivity index (χ3v) is 2.66. The summed E-state index contributed by atoms with van der Waals surface area (Å²) in [5, 5.41) is 18.9. The number of aryl methyl sites for hydroxylation is 1. The number of nitrogens with zero attached hydrogens (tertiary/aromatic N) is 2. The molecule has 5 heteroatoms. The second-order valence-corrected chi connectivity index (χ2v) is 4.15. The first-order chi connectivity index (χ1) is 8.61. The van der Waals surface area contributed by atoms with E-state index in [1.807, 2.05) is 19.1 Å². The van der Waals surface area contributed by atoms with Gasteiger partial charge in [0.05, 0.1) is 5.52 Å². The summed E-state index contributed by atoms with van der Waals surface area (Å²) in [5.41, 5.74) is 2.94. The number of aromatic amines is 1. The van der Waals surface area contributed by atoms with Gasteiger partial charge in [-0.1, -0.05) is 0 Å². The monoisotopic (exact) mass is 241 g/mol. The molecule has 1 aromatic carbocycles. The SMILES string of the molecule is Cc1ccc2[nH]c(-c3cc(O)cc(O)c3)nc2n1. The highest BCUT2D eigenvalue weighted by Crippen LogP contribution is 2.27. The predicted molar refractivity (Wildman–Crippen MR) is 67.4 cm³/mol. The molecule has 2 aromatic heterocycles. The largest absolute Gasteiger partial charge is 0.508 e. The van der Waals surface area contributed by atoms with Crippen molar-refractivity contribution in [3.05, 3.63) is 36.0 Å². The van der Waals surface area contributed by atoms with Crippen LogP contribution in [0.4, 0.5) is 0 Å². The van der Waals surface area contributed by atoms with Crippen LogP contribution in [0.2, 0.25) is 0 Å². The number of fused-ring (bicyclic) bond motifs is 1. The van der Waals surface area contributed by atoms with Crippen LogP contribution >= 0.6 is 0 Å². The molecule has 3 N–H and O–H groups in total. The molecule has 3 rings (SSSR count). The molecule has 5 nitrogen and oxygen atoms in total. The van der Waals surface area contributed by atoms with Gasteiger partial charge in [0.2, 0.25) is 0 Å². The Bertz CT molecular complexity index is 714. The molecule has 0 atom stereocenters. The lowest BCUT2D eigenvalue weighted by atomic mass is 10.2. The van der Waals surface area contributed by atoms with E-state index in [9.17, 15) is 10.2 Å². The molecule has 0 bridgehead atoms. The van der Waals surface area contributed by atoms with Crippen molar-refractivity contribution in [3.8, 4) is 22.9 Å². The van der Waals surface area contributed by atoms with E-state index in [1.165, 1.54) is 18.2 Å². The molecule has 2 heterocycles. The number of hydrogen-bond acceptors (Lipinski definition) is 4. The minimum absolute atomic E-state index is 0.00500. The Kier molecular flexibility index (Phi) is 2.19. The summed E-state index contributed by atoms with van der Waals surface area (Å²) < 4.78 is 0. The van der Waals surface area contributed by atoms with E-state index in [2.05, 4.69) is 15.0 Å². The van der Waals surface area contributed by atoms with E-state index in [-0.39, 0.29) is 11.5 Å². The molecular formula is C13H11N3O2. The Morgan fingerprint density at radius 2 is 1.72 bits per heavy atom. The zero-order valence-electron chi connectivity index (χ0n) is 9.68. The number of benzene rings is 1. The molecule has 0 aliphatic heterocycles. The molecule has 3 aromatic rings. The van der Waals surface area contributed by atoms with Crippen LogP contribution in [-0.4, -0.2) is 25.2 Å². The van der Waals surface area contributed by atoms with E-state index in [0.717, 1.165) is 11.2 Å². The summed E-state index contributed by atoms with van der Waals surface area (Å²) in [6, 6.07) is 8.13. The molecule has 0 aliphatic carbocycles. The zero-order valence-corrected chi connectivity index (χ0v) is 9.68. The summed E-state index contributed by atoms with van der Waals surface area (Å²) in [6.07, 6.45) is 0. The highest BCUT2D eigenvalue weighted by atomic mass is 16.3. The van der Waals surface area contributed by atoms with Gasteiger partial charge in [-0.25, -0.2) is 9.97 Å². The number of rotatable bonds is 1. The van der Waals surface area contributed by atoms with E-state index >= 15 is 0 Å². The average Bonchev–Trinajstić information content (AvgIpc) is 2.70. The van der Waals surface area contributed by atoms with E-state index in [4.69, 9.17) is 0 Å². The second kappa shape index (κ2) is 3.73. The van der Waals surface area contributed by atoms with Crippen molar-refractivity contribution in [1.29, 1.82) is 0 Å². The van der Waals surface area contributed by atoms with Gasteiger partial charge < -0.3 is 15.2 Å². The van der Waals surface area contributed by atoms with Gasteiger partial charge in [-0.2, -0.15) is 0 Å². The first-order valence-corrected chi connectivity index (χ1v) is 5.48. The molecule has 0 aliphatic rings. The third kappa shape index (κ3) is 1.75. The van der Waals surface area contributed by atoms with Crippen LogP contribution in [-0.2, 0) is 0 Å². The number of aromatic hydroxyl groups is 2. The molecule has 0 fully saturated rings. The van der Waals surface area contributed by atoms with Crippen molar-refractivity contribution < 1.29 is 10.2 Å². The molecule has 0 saturated heterocycles. The second-order valence-electron chi connectivity index (χ2n) is 4.15. The Hall–Kier alpha value is -2.56. The van der Waals surface area contributed by atoms with E-state index in [1.54, 1.807) is 0 Å². The van der Waals surface area contributed by atoms with Crippen molar-refractivity contribution in [3.63, 3.8) is 0 Å². The van der Waals surface area contributed by atoms with Crippen LogP contribution in [0.3, 0.4) is 0 Å². The standard InChI is InChI=1S/C13H11N3O2/c1-7-2-3-11-13(14-7)16-12(15-11)8-4-9(17)6-10(18)5-8/h2-6,17-18H,1H3,(H,14,15,16). The quantitative estimate of drug-likeness (QED) is 0.610. The van der Waals surface area contributed by atoms with Crippen molar-refractivity contribution in [1.82, 2.24) is 15.0 Å². The van der Waals surface area contributed by atoms with Crippen molar-refractivity contribution >= 4 is 11.2 Å². The first-order valence-electron chi connectivity index (χ1n) is 5.48. The fourth-order valence-corrected chi connectivity index (χ4v) is 1.86. The van der Waals surface area contributed by atoms with Crippen LogP contribution in [0, 0.1) is 6.92 Å². The lowest BCUT2D eigenvalue weighted by Gasteiger charge is -1.99. The number of hydrogen-bond donors (Lipinski definition) is 3. The van der Waals surface area contributed by atoms with Crippen molar-refractivity contribution in [2.75, 3.05) is 0 Å². The summed E-state index contributed by atoms with van der Waals surface area (Å²) >= 11 is 0. The molecular weight excluding hydrogens is 230 g/mol. The summed E-state index contributed by atoms with van der Waals surface area (Å²) in [4.78, 5) is 11.7. The highest BCUT2D eigenvalue weighted by Gasteiger charge is 2.08. The van der Waals surface area contributed by atoms with Gasteiger partial charge in [0.1, 0.15) is 17.3 Å². The molecule has 0 saturated carbocycles. The molecule has 0 amide bonds. The topological polar surface area (TPSA) is 82.0 Å². The number of aromatic nitrogens is 3. The number of nitrogens with one attached hydrogen (secondary N) is 1. The van der Waals surface area contributed by atoms with Crippen molar-refractivity contribution in [2.45, 2.75) is 6.92 Å². The number of imidazole rings is 1. The third-order valence-electron chi connectivity index (χ3n) is 2.66. The number of phenols is 2. The Labute approximate surface area is 103 Å². The van der Waals surface area contributed by atoms with Gasteiger partial charge in [-0.3, -0.25) is 0 Å². The van der Waals surface area contributed by atoms with Gasteiger partial charge >= 0.3 is 0 Å². The maximum atomic E-state index is 9.46. The Balaban J connectivity index is 2.19. The first kappa shape index (κ1) is 10.6. The van der Waals surface area contributed by atoms with Gasteiger partial charge in [0.25, 0.3) is 0 Å². The summed E-state index contributed by atoms with van der Waals surface area (Å²) in [6.45, 7) is 1.90. The van der Waals surface area contributed by atoms with Crippen LogP contribution in [0.5, 0.6) is 11.5 Å². The van der Waals surface area contributed by atoms with Crippen LogP contribution in [0.1, 0.15) is 5.69 Å². The van der Waals surface area contributed by atoms with Gasteiger partial charge in [-0.15, -0.1) is 0 Å². The fraction of sp³-hybridized carbons (Fsp3) is 0.0769. The summed E-state index contributed by atoms with van der Waals surface area (Å²) in [7, 11) is 0. The van der Waals surface area contributed by atoms with Crippen molar-refractivity contribution in [2.24, 2.45) is 0 Å². The number of phenolic OH excluding ortho intramolecular Hbond substituents is 2. The molecule has 0 radical (unpaired) electrons. The molecule has 90 valence electrons. The fourth-order valence-electron chi connectivity index (χ4n) is 1.86.